The van der Waals surface area contributed by atoms with Crippen LogP contribution in [0.5, 0.6) is 0 Å². The van der Waals surface area contributed by atoms with Crippen molar-refractivity contribution in [3.8, 4) is 0 Å². The molecule has 124 valence electrons. The fourth-order valence-electron chi connectivity index (χ4n) is 3.35. The van der Waals surface area contributed by atoms with Crippen molar-refractivity contribution in [2.45, 2.75) is 18.4 Å². The van der Waals surface area contributed by atoms with Crippen LogP contribution in [-0.2, 0) is 4.79 Å². The molecule has 1 aromatic heterocycles. The lowest BCUT2D eigenvalue weighted by atomic mass is 9.84. The van der Waals surface area contributed by atoms with E-state index in [2.05, 4.69) is 15.6 Å². The first-order chi connectivity index (χ1) is 11.6. The molecule has 3 heterocycles. The number of hydrogen-bond acceptors (Lipinski definition) is 4. The number of pyridine rings is 1. The topological polar surface area (TPSA) is 57.3 Å². The van der Waals surface area contributed by atoms with Crippen molar-refractivity contribution < 1.29 is 9.18 Å². The van der Waals surface area contributed by atoms with Gasteiger partial charge in [0.15, 0.2) is 11.6 Å². The van der Waals surface area contributed by atoms with Crippen molar-refractivity contribution >= 4 is 34.7 Å². The smallest absolute Gasteiger partial charge is 0.250 e. The van der Waals surface area contributed by atoms with Crippen LogP contribution in [0, 0.1) is 5.82 Å². The number of anilines is 3. The van der Waals surface area contributed by atoms with E-state index in [9.17, 15) is 9.18 Å². The molecule has 5 nitrogen and oxygen atoms in total. The molecule has 2 aliphatic rings. The Hall–Kier alpha value is -2.34. The van der Waals surface area contributed by atoms with Crippen LogP contribution >= 0.6 is 11.6 Å². The van der Waals surface area contributed by atoms with E-state index in [1.54, 1.807) is 0 Å². The Labute approximate surface area is 143 Å². The Kier molecular flexibility index (Phi) is 3.57. The lowest BCUT2D eigenvalue weighted by molar-refractivity contribution is -0.121. The van der Waals surface area contributed by atoms with Crippen LogP contribution in [0.3, 0.4) is 0 Å². The van der Waals surface area contributed by atoms with Crippen molar-refractivity contribution in [1.82, 2.24) is 4.98 Å². The number of fused-ring (bicyclic) bond motifs is 1. The van der Waals surface area contributed by atoms with Gasteiger partial charge in [-0.15, -0.1) is 0 Å². The van der Waals surface area contributed by atoms with E-state index in [4.69, 9.17) is 11.6 Å². The van der Waals surface area contributed by atoms with Gasteiger partial charge in [-0.3, -0.25) is 4.79 Å². The molecule has 1 amide bonds. The number of piperidine rings is 1. The molecule has 0 unspecified atom stereocenters. The normalized spacial score (nSPS) is 18.8. The lowest BCUT2D eigenvalue weighted by Crippen LogP contribution is -2.58. The summed E-state index contributed by atoms with van der Waals surface area (Å²) in [5.74, 6) is -0.193. The maximum Gasteiger partial charge on any atom is 0.250 e. The zero-order valence-corrected chi connectivity index (χ0v) is 13.6. The molecule has 0 atom stereocenters. The van der Waals surface area contributed by atoms with Gasteiger partial charge in [0, 0.05) is 19.3 Å². The van der Waals surface area contributed by atoms with Gasteiger partial charge in [0.05, 0.1) is 16.4 Å². The van der Waals surface area contributed by atoms with Gasteiger partial charge in [-0.25, -0.2) is 9.37 Å². The Morgan fingerprint density at radius 3 is 2.62 bits per heavy atom. The highest BCUT2D eigenvalue weighted by molar-refractivity contribution is 6.30. The maximum absolute atomic E-state index is 14.1. The Balaban J connectivity index is 1.54. The van der Waals surface area contributed by atoms with Gasteiger partial charge in [-0.05, 0) is 31.0 Å². The van der Waals surface area contributed by atoms with E-state index in [0.717, 1.165) is 11.4 Å². The molecule has 1 fully saturated rings. The van der Waals surface area contributed by atoms with Gasteiger partial charge in [-0.2, -0.15) is 0 Å². The summed E-state index contributed by atoms with van der Waals surface area (Å²) in [6, 6.07) is 8.89. The second kappa shape index (κ2) is 5.63. The molecule has 2 N–H and O–H groups in total. The summed E-state index contributed by atoms with van der Waals surface area (Å²) in [6.45, 7) is 1.07. The quantitative estimate of drug-likeness (QED) is 0.832. The second-order valence-corrected chi connectivity index (χ2v) is 6.59. The van der Waals surface area contributed by atoms with Crippen LogP contribution in [0.4, 0.5) is 21.6 Å². The summed E-state index contributed by atoms with van der Waals surface area (Å²) in [5, 5.41) is 6.62. The largest absolute Gasteiger partial charge is 0.369 e. The van der Waals surface area contributed by atoms with Crippen LogP contribution in [0.2, 0.25) is 5.02 Å². The first-order valence-corrected chi connectivity index (χ1v) is 8.20. The van der Waals surface area contributed by atoms with E-state index in [1.807, 2.05) is 29.2 Å². The van der Waals surface area contributed by atoms with Gasteiger partial charge in [-0.1, -0.05) is 23.7 Å². The van der Waals surface area contributed by atoms with Crippen LogP contribution in [-0.4, -0.2) is 29.5 Å². The molecule has 1 spiro atoms. The molecule has 4 rings (SSSR count). The molecule has 7 heteroatoms. The summed E-state index contributed by atoms with van der Waals surface area (Å²) in [6.07, 6.45) is 2.57. The van der Waals surface area contributed by atoms with E-state index in [0.29, 0.717) is 25.9 Å². The van der Waals surface area contributed by atoms with Gasteiger partial charge < -0.3 is 15.5 Å². The maximum atomic E-state index is 14.1. The molecular formula is C17H16ClFN4O. The highest BCUT2D eigenvalue weighted by Crippen LogP contribution is 2.37. The molecule has 24 heavy (non-hydrogen) atoms. The zero-order chi connectivity index (χ0) is 16.7. The Morgan fingerprint density at radius 1 is 1.21 bits per heavy atom. The average molecular weight is 347 g/mol. The number of nitrogens with one attached hydrogen (secondary N) is 2. The zero-order valence-electron chi connectivity index (χ0n) is 12.9. The van der Waals surface area contributed by atoms with Crippen molar-refractivity contribution in [2.24, 2.45) is 0 Å². The van der Waals surface area contributed by atoms with Crippen LogP contribution in [0.1, 0.15) is 12.8 Å². The van der Waals surface area contributed by atoms with Crippen molar-refractivity contribution in [3.05, 3.63) is 47.4 Å². The third-order valence-electron chi connectivity index (χ3n) is 4.69. The summed E-state index contributed by atoms with van der Waals surface area (Å²) in [5.41, 5.74) is 1.05. The van der Waals surface area contributed by atoms with Crippen LogP contribution in [0.25, 0.3) is 0 Å². The Morgan fingerprint density at radius 2 is 1.92 bits per heavy atom. The third kappa shape index (κ3) is 2.47. The highest BCUT2D eigenvalue weighted by Gasteiger charge is 2.44. The summed E-state index contributed by atoms with van der Waals surface area (Å²) < 4.78 is 14.1. The number of amides is 1. The van der Waals surface area contributed by atoms with E-state index in [-0.39, 0.29) is 16.7 Å². The number of aromatic nitrogens is 1. The molecule has 1 saturated heterocycles. The van der Waals surface area contributed by atoms with Crippen molar-refractivity contribution in [3.63, 3.8) is 0 Å². The number of carbonyl (C=O) groups is 1. The van der Waals surface area contributed by atoms with Crippen molar-refractivity contribution in [1.29, 1.82) is 0 Å². The number of rotatable bonds is 1. The van der Waals surface area contributed by atoms with Gasteiger partial charge >= 0.3 is 0 Å². The third-order valence-corrected chi connectivity index (χ3v) is 4.90. The molecule has 0 saturated carbocycles. The minimum atomic E-state index is -0.659. The fraction of sp³-hybridized carbons (Fsp3) is 0.294. The Bertz CT molecular complexity index is 805. The van der Waals surface area contributed by atoms with Gasteiger partial charge in [0.1, 0.15) is 5.54 Å². The number of nitrogens with zero attached hydrogens (tertiary/aromatic N) is 2. The average Bonchev–Trinajstić information content (AvgIpc) is 2.57. The lowest BCUT2D eigenvalue weighted by Gasteiger charge is -2.44. The van der Waals surface area contributed by atoms with Gasteiger partial charge in [0.2, 0.25) is 5.91 Å². The number of carbonyl (C=O) groups excluding carboxylic acids is 1. The summed E-state index contributed by atoms with van der Waals surface area (Å²) in [7, 11) is 0. The highest BCUT2D eigenvalue weighted by atomic mass is 35.5. The fourth-order valence-corrected chi connectivity index (χ4v) is 3.49. The standard InChI is InChI=1S/C17H16ClFN4O/c18-11-9-12(19)15(20-10-11)23-7-5-17(6-8-23)16(24)21-13-3-1-2-4-14(13)22-17/h1-4,9-10,22H,5-8H2,(H,21,24). The molecule has 2 aliphatic heterocycles. The van der Waals surface area contributed by atoms with Gasteiger partial charge in [0.25, 0.3) is 0 Å². The summed E-state index contributed by atoms with van der Waals surface area (Å²) >= 11 is 5.76. The van der Waals surface area contributed by atoms with Crippen LogP contribution in [0.15, 0.2) is 36.5 Å². The second-order valence-electron chi connectivity index (χ2n) is 6.15. The molecule has 1 aromatic carbocycles. The minimum absolute atomic E-state index is 0.0367. The van der Waals surface area contributed by atoms with Crippen LogP contribution < -0.4 is 15.5 Å². The number of hydrogen-bond donors (Lipinski definition) is 2. The number of para-hydroxylation sites is 2. The predicted molar refractivity (Wildman–Crippen MR) is 92.1 cm³/mol. The first kappa shape index (κ1) is 15.2. The number of benzene rings is 1. The monoisotopic (exact) mass is 346 g/mol. The molecule has 0 radical (unpaired) electrons. The van der Waals surface area contributed by atoms with Crippen molar-refractivity contribution in [2.75, 3.05) is 28.6 Å². The number of halogens is 2. The van der Waals surface area contributed by atoms with E-state index < -0.39 is 11.4 Å². The SMILES string of the molecule is O=C1Nc2ccccc2NC12CCN(c1ncc(Cl)cc1F)CC2. The summed E-state index contributed by atoms with van der Waals surface area (Å²) in [4.78, 5) is 18.5. The minimum Gasteiger partial charge on any atom is -0.369 e. The molecule has 2 aromatic rings. The van der Waals surface area contributed by atoms with E-state index >= 15 is 0 Å². The molecule has 0 aliphatic carbocycles. The predicted octanol–water partition coefficient (Wildman–Crippen LogP) is 3.28. The first-order valence-electron chi connectivity index (χ1n) is 7.82. The van der Waals surface area contributed by atoms with E-state index in [1.165, 1.54) is 12.3 Å². The molecule has 0 bridgehead atoms. The molecular weight excluding hydrogens is 331 g/mol.